The lowest BCUT2D eigenvalue weighted by Gasteiger charge is -2.02. The smallest absolute Gasteiger partial charge is 0.182 e. The first kappa shape index (κ1) is 9.65. The molecule has 0 aliphatic rings. The van der Waals surface area contributed by atoms with E-state index < -0.39 is 0 Å². The van der Waals surface area contributed by atoms with Crippen LogP contribution in [-0.2, 0) is 0 Å². The third-order valence-corrected chi connectivity index (χ3v) is 2.26. The van der Waals surface area contributed by atoms with Crippen LogP contribution in [0.25, 0.3) is 11.3 Å². The predicted molar refractivity (Wildman–Crippen MR) is 57.2 cm³/mol. The number of aryl methyl sites for hydroxylation is 1. The van der Waals surface area contributed by atoms with Crippen molar-refractivity contribution in [2.75, 3.05) is 0 Å². The molecule has 0 bridgehead atoms. The van der Waals surface area contributed by atoms with Gasteiger partial charge in [-0.2, -0.15) is 0 Å². The van der Waals surface area contributed by atoms with Crippen LogP contribution in [0.1, 0.15) is 5.56 Å². The SMILES string of the molecule is Cc1ccc(-c2cc(=O)cc[nH]2)cc1F. The first-order valence-electron chi connectivity index (χ1n) is 4.62. The van der Waals surface area contributed by atoms with Crippen molar-refractivity contribution in [3.8, 4) is 11.3 Å². The summed E-state index contributed by atoms with van der Waals surface area (Å²) in [6.45, 7) is 1.70. The Balaban J connectivity index is 2.55. The lowest BCUT2D eigenvalue weighted by molar-refractivity contribution is 0.619. The Morgan fingerprint density at radius 2 is 2.00 bits per heavy atom. The third kappa shape index (κ3) is 1.96. The number of halogens is 1. The summed E-state index contributed by atoms with van der Waals surface area (Å²) in [6, 6.07) is 7.76. The van der Waals surface area contributed by atoms with Crippen LogP contribution < -0.4 is 5.43 Å². The van der Waals surface area contributed by atoms with Gasteiger partial charge in [0.1, 0.15) is 5.82 Å². The van der Waals surface area contributed by atoms with E-state index >= 15 is 0 Å². The van der Waals surface area contributed by atoms with E-state index in [1.165, 1.54) is 18.2 Å². The number of pyridine rings is 1. The molecule has 2 rings (SSSR count). The quantitative estimate of drug-likeness (QED) is 0.758. The van der Waals surface area contributed by atoms with Gasteiger partial charge in [-0.15, -0.1) is 0 Å². The van der Waals surface area contributed by atoms with Crippen molar-refractivity contribution in [2.24, 2.45) is 0 Å². The second-order valence-electron chi connectivity index (χ2n) is 3.40. The van der Waals surface area contributed by atoms with Gasteiger partial charge in [-0.3, -0.25) is 4.79 Å². The first-order chi connectivity index (χ1) is 7.16. The van der Waals surface area contributed by atoms with Gasteiger partial charge in [-0.05, 0) is 18.6 Å². The van der Waals surface area contributed by atoms with E-state index in [1.807, 2.05) is 0 Å². The molecule has 3 heteroatoms. The van der Waals surface area contributed by atoms with Crippen LogP contribution in [0, 0.1) is 12.7 Å². The van der Waals surface area contributed by atoms with Gasteiger partial charge in [-0.1, -0.05) is 12.1 Å². The maximum absolute atomic E-state index is 13.3. The molecule has 0 spiro atoms. The van der Waals surface area contributed by atoms with Gasteiger partial charge in [0.05, 0.1) is 0 Å². The zero-order valence-electron chi connectivity index (χ0n) is 8.25. The molecule has 2 nitrogen and oxygen atoms in total. The van der Waals surface area contributed by atoms with Gasteiger partial charge in [-0.25, -0.2) is 4.39 Å². The molecule has 0 saturated carbocycles. The minimum absolute atomic E-state index is 0.0928. The Hall–Kier alpha value is -1.90. The molecule has 1 N–H and O–H groups in total. The van der Waals surface area contributed by atoms with Gasteiger partial charge in [0.2, 0.25) is 0 Å². The largest absolute Gasteiger partial charge is 0.361 e. The van der Waals surface area contributed by atoms with E-state index in [0.29, 0.717) is 16.8 Å². The zero-order chi connectivity index (χ0) is 10.8. The summed E-state index contributed by atoms with van der Waals surface area (Å²) in [4.78, 5) is 14.0. The highest BCUT2D eigenvalue weighted by atomic mass is 19.1. The fraction of sp³-hybridized carbons (Fsp3) is 0.0833. The molecule has 1 heterocycles. The van der Waals surface area contributed by atoms with Crippen molar-refractivity contribution in [3.05, 3.63) is 58.1 Å². The molecule has 0 radical (unpaired) electrons. The molecule has 0 atom stereocenters. The lowest BCUT2D eigenvalue weighted by Crippen LogP contribution is -1.98. The van der Waals surface area contributed by atoms with E-state index in [9.17, 15) is 9.18 Å². The normalized spacial score (nSPS) is 10.3. The number of hydrogen-bond donors (Lipinski definition) is 1. The fourth-order valence-electron chi connectivity index (χ4n) is 1.37. The second-order valence-corrected chi connectivity index (χ2v) is 3.40. The summed E-state index contributed by atoms with van der Waals surface area (Å²) in [5.41, 5.74) is 1.80. The van der Waals surface area contributed by atoms with Crippen molar-refractivity contribution in [3.63, 3.8) is 0 Å². The molecule has 0 fully saturated rings. The fourth-order valence-corrected chi connectivity index (χ4v) is 1.37. The Morgan fingerprint density at radius 1 is 1.20 bits per heavy atom. The number of rotatable bonds is 1. The highest BCUT2D eigenvalue weighted by Crippen LogP contribution is 2.18. The van der Waals surface area contributed by atoms with Crippen LogP contribution in [0.5, 0.6) is 0 Å². The maximum Gasteiger partial charge on any atom is 0.182 e. The highest BCUT2D eigenvalue weighted by Gasteiger charge is 2.02. The van der Waals surface area contributed by atoms with Gasteiger partial charge in [0, 0.05) is 29.6 Å². The van der Waals surface area contributed by atoms with E-state index in [2.05, 4.69) is 4.98 Å². The highest BCUT2D eigenvalue weighted by molar-refractivity contribution is 5.59. The molecule has 2 aromatic rings. The van der Waals surface area contributed by atoms with Crippen molar-refractivity contribution < 1.29 is 4.39 Å². The molecule has 1 aromatic carbocycles. The maximum atomic E-state index is 13.3. The molecule has 0 unspecified atom stereocenters. The number of benzene rings is 1. The molecule has 76 valence electrons. The van der Waals surface area contributed by atoms with Crippen LogP contribution in [0.4, 0.5) is 4.39 Å². The number of H-pyrrole nitrogens is 1. The number of nitrogens with one attached hydrogen (secondary N) is 1. The van der Waals surface area contributed by atoms with E-state index in [-0.39, 0.29) is 11.2 Å². The molecule has 1 aromatic heterocycles. The summed E-state index contributed by atoms with van der Waals surface area (Å²) >= 11 is 0. The Bertz CT molecular complexity index is 545. The van der Waals surface area contributed by atoms with Gasteiger partial charge in [0.25, 0.3) is 0 Å². The first-order valence-corrected chi connectivity index (χ1v) is 4.62. The molecule has 0 saturated heterocycles. The third-order valence-electron chi connectivity index (χ3n) is 2.26. The summed E-state index contributed by atoms with van der Waals surface area (Å²) in [6.07, 6.45) is 1.55. The summed E-state index contributed by atoms with van der Waals surface area (Å²) in [7, 11) is 0. The van der Waals surface area contributed by atoms with Crippen LogP contribution in [0.15, 0.2) is 41.3 Å². The number of aromatic amines is 1. The van der Waals surface area contributed by atoms with Crippen LogP contribution in [0.3, 0.4) is 0 Å². The van der Waals surface area contributed by atoms with Crippen molar-refractivity contribution in [1.82, 2.24) is 4.98 Å². The standard InChI is InChI=1S/C12H10FNO/c1-8-2-3-9(6-11(8)13)12-7-10(15)4-5-14-12/h2-7H,1H3,(H,14,15). The molecular weight excluding hydrogens is 193 g/mol. The second kappa shape index (κ2) is 3.69. The molecule has 0 aliphatic carbocycles. The minimum atomic E-state index is -0.266. The van der Waals surface area contributed by atoms with Crippen LogP contribution >= 0.6 is 0 Å². The predicted octanol–water partition coefficient (Wildman–Crippen LogP) is 2.49. The van der Waals surface area contributed by atoms with Crippen LogP contribution in [-0.4, -0.2) is 4.98 Å². The molecule has 0 aliphatic heterocycles. The van der Waals surface area contributed by atoms with Gasteiger partial charge >= 0.3 is 0 Å². The van der Waals surface area contributed by atoms with E-state index in [0.717, 1.165) is 0 Å². The van der Waals surface area contributed by atoms with E-state index in [4.69, 9.17) is 0 Å². The Labute approximate surface area is 86.4 Å². The molecule has 0 amide bonds. The van der Waals surface area contributed by atoms with Crippen LogP contribution in [0.2, 0.25) is 0 Å². The Kier molecular flexibility index (Phi) is 2.37. The summed E-state index contributed by atoms with van der Waals surface area (Å²) in [5, 5.41) is 0. The van der Waals surface area contributed by atoms with Gasteiger partial charge < -0.3 is 4.98 Å². The van der Waals surface area contributed by atoms with E-state index in [1.54, 1.807) is 25.3 Å². The number of hydrogen-bond acceptors (Lipinski definition) is 1. The topological polar surface area (TPSA) is 32.9 Å². The summed E-state index contributed by atoms with van der Waals surface area (Å²) < 4.78 is 13.3. The average molecular weight is 203 g/mol. The number of aromatic nitrogens is 1. The monoisotopic (exact) mass is 203 g/mol. The average Bonchev–Trinajstić information content (AvgIpc) is 2.22. The van der Waals surface area contributed by atoms with Gasteiger partial charge in [0.15, 0.2) is 5.43 Å². The van der Waals surface area contributed by atoms with Crippen molar-refractivity contribution in [1.29, 1.82) is 0 Å². The van der Waals surface area contributed by atoms with Crippen molar-refractivity contribution >= 4 is 0 Å². The Morgan fingerprint density at radius 3 is 2.67 bits per heavy atom. The molecular formula is C12H10FNO. The minimum Gasteiger partial charge on any atom is -0.361 e. The zero-order valence-corrected chi connectivity index (χ0v) is 8.25. The lowest BCUT2D eigenvalue weighted by atomic mass is 10.1. The van der Waals surface area contributed by atoms with Crippen molar-refractivity contribution in [2.45, 2.75) is 6.92 Å². The summed E-state index contributed by atoms with van der Waals surface area (Å²) in [5.74, 6) is -0.266. The molecule has 15 heavy (non-hydrogen) atoms.